The second-order valence-corrected chi connectivity index (χ2v) is 15.1. The van der Waals surface area contributed by atoms with E-state index in [-0.39, 0.29) is 89.0 Å². The molecular weight excluding hydrogens is 639 g/mol. The molecule has 0 aromatic rings. The zero-order valence-corrected chi connectivity index (χ0v) is 31.7. The topological polar surface area (TPSA) is 162 Å². The van der Waals surface area contributed by atoms with Crippen LogP contribution in [0.4, 0.5) is 0 Å². The van der Waals surface area contributed by atoms with Crippen LogP contribution in [0.2, 0.25) is 0 Å². The number of carbonyl (C=O) groups excluding carboxylic acids is 1. The third-order valence-electron chi connectivity index (χ3n) is 11.3. The first kappa shape index (κ1) is 42.6. The molecule has 4 heterocycles. The normalized spacial score (nSPS) is 40.4. The second-order valence-electron chi connectivity index (χ2n) is 15.1. The fourth-order valence-corrected chi connectivity index (χ4v) is 8.49. The van der Waals surface area contributed by atoms with Gasteiger partial charge in [-0.2, -0.15) is 0 Å². The zero-order chi connectivity index (χ0) is 35.1. The standard InChI is InChI=1S/C20H30O5.C18H26O5.Li.H2O/c1-6-23-16(21)11-14-9-10-20(12-24-20)18(17(14)22-5)19(4)15(25-19)8-7-13(2)3;1-11(2)5-6-13-17(3,23-13)16-15(21-4)12(9-14(19)20)7-8-18(16)10-22-18;;/h7,11,15,17-18H,6,8-10,12H2,1-5H3;5,9,13,15-16H,6-8,10H2,1-4H3,(H,19,20);;1H2/q;;+1;/p-1/t15-,17-,18-,19+,20+;13-,15-,16-,17+,18+;;/m11../s1. The van der Waals surface area contributed by atoms with Crippen molar-refractivity contribution in [1.82, 2.24) is 0 Å². The van der Waals surface area contributed by atoms with Crippen molar-refractivity contribution in [1.29, 1.82) is 0 Å². The number of rotatable bonds is 11. The van der Waals surface area contributed by atoms with Crippen LogP contribution in [0, 0.1) is 11.8 Å². The van der Waals surface area contributed by atoms with Gasteiger partial charge in [-0.1, -0.05) is 23.3 Å². The minimum absolute atomic E-state index is 0. The molecule has 0 aromatic carbocycles. The molecule has 0 aromatic heterocycles. The number of epoxide rings is 4. The molecule has 6 rings (SSSR count). The van der Waals surface area contributed by atoms with Gasteiger partial charge in [0.2, 0.25) is 0 Å². The van der Waals surface area contributed by atoms with Gasteiger partial charge in [0.1, 0.15) is 22.4 Å². The quantitative estimate of drug-likeness (QED) is 0.111. The molecular formula is C38H57LiO11. The number of carboxylic acids is 1. The van der Waals surface area contributed by atoms with Gasteiger partial charge < -0.3 is 43.7 Å². The first-order valence-corrected chi connectivity index (χ1v) is 17.4. The molecule has 0 bridgehead atoms. The van der Waals surface area contributed by atoms with Crippen molar-refractivity contribution in [2.75, 3.05) is 34.0 Å². The van der Waals surface area contributed by atoms with Crippen molar-refractivity contribution in [2.24, 2.45) is 11.8 Å². The molecule has 10 atom stereocenters. The Kier molecular flexibility index (Phi) is 14.1. The summed E-state index contributed by atoms with van der Waals surface area (Å²) in [6, 6.07) is 0. The molecule has 0 amide bonds. The van der Waals surface area contributed by atoms with Gasteiger partial charge in [-0.05, 0) is 98.1 Å². The summed E-state index contributed by atoms with van der Waals surface area (Å²) in [6.07, 6.45) is 12.2. The van der Waals surface area contributed by atoms with E-state index in [9.17, 15) is 9.59 Å². The van der Waals surface area contributed by atoms with Gasteiger partial charge in [-0.3, -0.25) is 0 Å². The molecule has 2 aliphatic carbocycles. The third-order valence-corrected chi connectivity index (χ3v) is 11.3. The SMILES string of the molecule is CCOC(=O)C=C1CC[C@]2(CO2)[C@@H]([C@@]2(C)O[C@@H]2CC=C(C)C)[C@@H]1OC.CO[C@@H]1C(=CC(=O)O)CC[C@]2(CO2)[C@H]1[C@@]1(C)O[C@@H]1CC=C(C)C.[Li+].[OH-]. The Hall–Kier alpha value is -1.78. The number of carbonyl (C=O) groups is 2. The van der Waals surface area contributed by atoms with E-state index in [2.05, 4.69) is 53.7 Å². The van der Waals surface area contributed by atoms with Crippen LogP contribution in [0.25, 0.3) is 0 Å². The van der Waals surface area contributed by atoms with Gasteiger partial charge in [0.05, 0.1) is 56.1 Å². The van der Waals surface area contributed by atoms with Gasteiger partial charge in [0.25, 0.3) is 0 Å². The van der Waals surface area contributed by atoms with E-state index in [4.69, 9.17) is 38.3 Å². The van der Waals surface area contributed by atoms with Crippen molar-refractivity contribution in [3.05, 3.63) is 46.6 Å². The van der Waals surface area contributed by atoms with Gasteiger partial charge in [-0.15, -0.1) is 0 Å². The van der Waals surface area contributed by atoms with Crippen LogP contribution < -0.4 is 18.9 Å². The molecule has 2 N–H and O–H groups in total. The number of methoxy groups -OCH3 is 2. The Morgan fingerprint density at radius 3 is 1.52 bits per heavy atom. The summed E-state index contributed by atoms with van der Waals surface area (Å²) in [4.78, 5) is 23.1. The predicted octanol–water partition coefficient (Wildman–Crippen LogP) is 2.72. The number of carboxylic acid groups (broad SMARTS) is 1. The molecule has 2 spiro atoms. The second kappa shape index (κ2) is 16.5. The van der Waals surface area contributed by atoms with E-state index in [1.165, 1.54) is 17.2 Å². The fourth-order valence-electron chi connectivity index (χ4n) is 8.49. The maximum atomic E-state index is 11.9. The Balaban J connectivity index is 0.000000261. The van der Waals surface area contributed by atoms with Crippen molar-refractivity contribution in [2.45, 2.75) is 134 Å². The average Bonchev–Trinajstić information content (AvgIpc) is 3.89. The molecule has 12 heteroatoms. The number of aliphatic carboxylic acids is 1. The van der Waals surface area contributed by atoms with Crippen LogP contribution >= 0.6 is 0 Å². The molecule has 0 radical (unpaired) electrons. The molecule has 0 unspecified atom stereocenters. The maximum Gasteiger partial charge on any atom is 1.00 e. The molecule has 6 aliphatic rings. The van der Waals surface area contributed by atoms with Crippen LogP contribution in [-0.2, 0) is 42.7 Å². The van der Waals surface area contributed by atoms with Gasteiger partial charge >= 0.3 is 30.8 Å². The smallest absolute Gasteiger partial charge is 0.870 e. The van der Waals surface area contributed by atoms with Gasteiger partial charge in [-0.25, -0.2) is 9.59 Å². The summed E-state index contributed by atoms with van der Waals surface area (Å²) < 4.78 is 40.6. The van der Waals surface area contributed by atoms with Crippen molar-refractivity contribution < 1.29 is 72.2 Å². The van der Waals surface area contributed by atoms with Crippen LogP contribution in [0.1, 0.15) is 87.0 Å². The molecule has 11 nitrogen and oxygen atoms in total. The number of esters is 1. The summed E-state index contributed by atoms with van der Waals surface area (Å²) in [5, 5.41) is 9.12. The maximum absolute atomic E-state index is 11.9. The van der Waals surface area contributed by atoms with E-state index in [1.807, 2.05) is 6.92 Å². The zero-order valence-electron chi connectivity index (χ0n) is 31.7. The van der Waals surface area contributed by atoms with E-state index in [0.717, 1.165) is 49.9 Å². The van der Waals surface area contributed by atoms with Gasteiger partial charge in [0, 0.05) is 26.4 Å². The van der Waals surface area contributed by atoms with Crippen molar-refractivity contribution in [3.8, 4) is 0 Å². The minimum Gasteiger partial charge on any atom is -0.870 e. The van der Waals surface area contributed by atoms with Crippen molar-refractivity contribution >= 4 is 11.9 Å². The molecule has 4 aliphatic heterocycles. The van der Waals surface area contributed by atoms with E-state index in [1.54, 1.807) is 20.3 Å². The van der Waals surface area contributed by atoms with Crippen LogP contribution in [0.5, 0.6) is 0 Å². The van der Waals surface area contributed by atoms with E-state index >= 15 is 0 Å². The summed E-state index contributed by atoms with van der Waals surface area (Å²) in [5.41, 5.74) is 3.43. The summed E-state index contributed by atoms with van der Waals surface area (Å²) in [7, 11) is 3.35. The van der Waals surface area contributed by atoms with Gasteiger partial charge in [0.15, 0.2) is 0 Å². The number of hydrogen-bond acceptors (Lipinski definition) is 10. The first-order chi connectivity index (χ1) is 22.7. The van der Waals surface area contributed by atoms with Crippen LogP contribution in [0.15, 0.2) is 46.6 Å². The Labute approximate surface area is 309 Å². The van der Waals surface area contributed by atoms with Crippen LogP contribution in [0.3, 0.4) is 0 Å². The average molecular weight is 697 g/mol. The molecule has 2 saturated carbocycles. The van der Waals surface area contributed by atoms with E-state index < -0.39 is 5.97 Å². The largest absolute Gasteiger partial charge is 1.00 e. The Morgan fingerprint density at radius 1 is 0.800 bits per heavy atom. The molecule has 4 saturated heterocycles. The molecule has 276 valence electrons. The fraction of sp³-hybridized carbons (Fsp3) is 0.737. The number of ether oxygens (including phenoxy) is 7. The Bertz CT molecular complexity index is 1350. The van der Waals surface area contributed by atoms with Crippen LogP contribution in [-0.4, -0.2) is 103 Å². The molecule has 50 heavy (non-hydrogen) atoms. The Morgan fingerprint density at radius 2 is 1.20 bits per heavy atom. The summed E-state index contributed by atoms with van der Waals surface area (Å²) >= 11 is 0. The first-order valence-electron chi connectivity index (χ1n) is 17.4. The minimum atomic E-state index is -0.920. The molecule has 6 fully saturated rings. The third kappa shape index (κ3) is 8.87. The van der Waals surface area contributed by atoms with Crippen molar-refractivity contribution in [3.63, 3.8) is 0 Å². The van der Waals surface area contributed by atoms with E-state index in [0.29, 0.717) is 19.6 Å². The summed E-state index contributed by atoms with van der Waals surface area (Å²) in [6.45, 7) is 16.3. The monoisotopic (exact) mass is 696 g/mol. The predicted molar refractivity (Wildman–Crippen MR) is 181 cm³/mol. The number of allylic oxidation sites excluding steroid dienone is 2. The number of hydrogen-bond donors (Lipinski definition) is 1. The summed E-state index contributed by atoms with van der Waals surface area (Å²) in [5.74, 6) is -1.09.